The van der Waals surface area contributed by atoms with E-state index in [4.69, 9.17) is 17.2 Å². The molecule has 5 heteroatoms. The fourth-order valence-electron chi connectivity index (χ4n) is 9.20. The Hall–Kier alpha value is -0.490. The molecule has 0 aromatic carbocycles. The maximum Gasteiger partial charge on any atom is 0.120 e. The normalized spacial score (nSPS) is 52.3. The topological polar surface area (TPSA) is 121 Å². The zero-order valence-electron chi connectivity index (χ0n) is 20.0. The summed E-state index contributed by atoms with van der Waals surface area (Å²) in [7, 11) is 1.50. The molecule has 0 aromatic rings. The average molecular weight is 421 g/mol. The Bertz CT molecular complexity index is 643. The first-order valence-electron chi connectivity index (χ1n) is 12.5. The van der Waals surface area contributed by atoms with Crippen LogP contribution < -0.4 is 22.9 Å². The lowest BCUT2D eigenvalue weighted by Crippen LogP contribution is -2.88. The van der Waals surface area contributed by atoms with Gasteiger partial charge in [0.2, 0.25) is 0 Å². The van der Waals surface area contributed by atoms with E-state index < -0.39 is 0 Å². The Labute approximate surface area is 184 Å². The zero-order chi connectivity index (χ0) is 22.4. The quantitative estimate of drug-likeness (QED) is 0.519. The number of hydrogen-bond donors (Lipinski definition) is 4. The number of carbonyl (C=O) groups is 1. The molecule has 0 aromatic heterocycles. The molecule has 0 heterocycles. The van der Waals surface area contributed by atoms with Crippen LogP contribution in [0, 0.1) is 28.6 Å². The molecule has 4 saturated carbocycles. The van der Waals surface area contributed by atoms with Crippen molar-refractivity contribution in [2.75, 3.05) is 7.05 Å². The molecule has 4 rings (SSSR count). The van der Waals surface area contributed by atoms with Crippen LogP contribution in [-0.2, 0) is 4.79 Å². The van der Waals surface area contributed by atoms with Crippen LogP contribution in [0.15, 0.2) is 0 Å². The first-order valence-corrected chi connectivity index (χ1v) is 12.5. The number of rotatable bonds is 4. The Morgan fingerprint density at radius 1 is 0.900 bits per heavy atom. The van der Waals surface area contributed by atoms with Gasteiger partial charge in [-0.05, 0) is 81.6 Å². The minimum Gasteiger partial charge on any atom is -0.333 e. The summed E-state index contributed by atoms with van der Waals surface area (Å²) < 4.78 is 0. The fraction of sp³-hybridized carbons (Fsp3) is 0.960. The Balaban J connectivity index is 0.00000124. The third-order valence-electron chi connectivity index (χ3n) is 11.0. The van der Waals surface area contributed by atoms with Gasteiger partial charge in [0.15, 0.2) is 0 Å². The van der Waals surface area contributed by atoms with E-state index in [-0.39, 0.29) is 27.4 Å². The number of nitrogens with two attached hydrogens (primary N) is 4. The number of carbonyl (C=O) groups excluding carboxylic acids is 1. The zero-order valence-corrected chi connectivity index (χ0v) is 20.0. The van der Waals surface area contributed by atoms with E-state index in [1.165, 1.54) is 32.7 Å². The largest absolute Gasteiger partial charge is 0.333 e. The maximum absolute atomic E-state index is 11.0. The summed E-state index contributed by atoms with van der Waals surface area (Å²) in [6.45, 7) is 7.16. The highest BCUT2D eigenvalue weighted by Crippen LogP contribution is 2.71. The van der Waals surface area contributed by atoms with E-state index in [0.29, 0.717) is 24.2 Å². The molecule has 5 nitrogen and oxygen atoms in total. The van der Waals surface area contributed by atoms with Gasteiger partial charge < -0.3 is 27.7 Å². The first-order chi connectivity index (χ1) is 14.1. The second-order valence-corrected chi connectivity index (χ2v) is 11.5. The van der Waals surface area contributed by atoms with Gasteiger partial charge in [0.1, 0.15) is 6.29 Å². The summed E-state index contributed by atoms with van der Waals surface area (Å²) in [5.41, 5.74) is 26.0. The molecule has 8 atom stereocenters. The molecule has 0 amide bonds. The minimum atomic E-state index is -0.384. The number of hydrogen-bond acceptors (Lipinski definition) is 5. The predicted octanol–water partition coefficient (Wildman–Crippen LogP) is 3.47. The van der Waals surface area contributed by atoms with E-state index in [1.807, 2.05) is 0 Å². The number of aldehydes is 1. The van der Waals surface area contributed by atoms with Crippen molar-refractivity contribution in [1.29, 1.82) is 0 Å². The monoisotopic (exact) mass is 420 g/mol. The summed E-state index contributed by atoms with van der Waals surface area (Å²) in [6.07, 6.45) is 14.0. The predicted molar refractivity (Wildman–Crippen MR) is 125 cm³/mol. The second-order valence-electron chi connectivity index (χ2n) is 11.5. The van der Waals surface area contributed by atoms with Crippen LogP contribution >= 0.6 is 0 Å². The molecule has 6 unspecified atom stereocenters. The van der Waals surface area contributed by atoms with Crippen molar-refractivity contribution >= 4 is 6.29 Å². The van der Waals surface area contributed by atoms with Crippen LogP contribution in [0.4, 0.5) is 0 Å². The molecular weight excluding hydrogens is 372 g/mol. The molecule has 0 aliphatic heterocycles. The van der Waals surface area contributed by atoms with Gasteiger partial charge in [-0.25, -0.2) is 0 Å². The van der Waals surface area contributed by atoms with E-state index >= 15 is 0 Å². The van der Waals surface area contributed by atoms with Crippen LogP contribution in [0.1, 0.15) is 97.8 Å². The highest BCUT2D eigenvalue weighted by molar-refractivity contribution is 5.49. The Kier molecular flexibility index (Phi) is 6.55. The Morgan fingerprint density at radius 2 is 1.57 bits per heavy atom. The molecule has 0 bridgehead atoms. The van der Waals surface area contributed by atoms with Gasteiger partial charge in [-0.15, -0.1) is 0 Å². The Morgan fingerprint density at radius 3 is 2.20 bits per heavy atom. The van der Waals surface area contributed by atoms with Gasteiger partial charge in [0.05, 0.1) is 0 Å². The van der Waals surface area contributed by atoms with Gasteiger partial charge in [0.25, 0.3) is 0 Å². The molecule has 8 N–H and O–H groups in total. The lowest BCUT2D eigenvalue weighted by molar-refractivity contribution is -0.175. The lowest BCUT2D eigenvalue weighted by Gasteiger charge is -2.75. The van der Waals surface area contributed by atoms with Crippen molar-refractivity contribution < 1.29 is 4.79 Å². The van der Waals surface area contributed by atoms with Gasteiger partial charge in [-0.1, -0.05) is 40.0 Å². The smallest absolute Gasteiger partial charge is 0.120 e. The van der Waals surface area contributed by atoms with Crippen molar-refractivity contribution in [2.24, 2.45) is 51.5 Å². The molecule has 4 fully saturated rings. The van der Waals surface area contributed by atoms with Crippen molar-refractivity contribution in [3.63, 3.8) is 0 Å². The van der Waals surface area contributed by atoms with E-state index in [9.17, 15) is 4.79 Å². The standard InChI is InChI=1S/C24H43N3O.CH5N/c1-4-17-16-23(26)19-10-9-18(8-7-15-28)20(19,2)13-14-24(23,27)21(3)11-5-6-12-22(17,21)25;1-2/h15,17-19H,4-14,16,25-27H2,1-3H3;2H2,1H3/t17-,18?,19?,20?,21?,22?,23?,24-;/m0./s1. The van der Waals surface area contributed by atoms with Crippen molar-refractivity contribution in [3.05, 3.63) is 0 Å². The summed E-state index contributed by atoms with van der Waals surface area (Å²) in [5.74, 6) is 1.51. The average Bonchev–Trinajstić information content (AvgIpc) is 3.08. The highest BCUT2D eigenvalue weighted by atomic mass is 16.1. The van der Waals surface area contributed by atoms with Gasteiger partial charge in [0, 0.05) is 28.5 Å². The second kappa shape index (κ2) is 8.13. The molecule has 0 spiro atoms. The van der Waals surface area contributed by atoms with Gasteiger partial charge in [-0.3, -0.25) is 0 Å². The summed E-state index contributed by atoms with van der Waals surface area (Å²) in [6, 6.07) is 0. The SMILES string of the molecule is CC[C@H]1CC2(N)C3CCC(CCC=O)C3(C)CC[C@]2(N)C2(C)CCCCC12N.CN. The van der Waals surface area contributed by atoms with Crippen LogP contribution in [0.25, 0.3) is 0 Å². The minimum absolute atomic E-state index is 0.0891. The first kappa shape index (κ1) is 24.2. The summed E-state index contributed by atoms with van der Waals surface area (Å²) in [4.78, 5) is 11.0. The molecule has 4 aliphatic rings. The lowest BCUT2D eigenvalue weighted by atomic mass is 9.35. The molecule has 0 saturated heterocycles. The van der Waals surface area contributed by atoms with E-state index in [0.717, 1.165) is 51.2 Å². The van der Waals surface area contributed by atoms with Crippen LogP contribution in [0.2, 0.25) is 0 Å². The van der Waals surface area contributed by atoms with Crippen molar-refractivity contribution in [3.8, 4) is 0 Å². The molecular formula is C25H48N4O. The third kappa shape index (κ3) is 2.84. The maximum atomic E-state index is 11.0. The van der Waals surface area contributed by atoms with E-state index in [2.05, 4.69) is 26.5 Å². The third-order valence-corrected chi connectivity index (χ3v) is 11.0. The molecule has 0 radical (unpaired) electrons. The van der Waals surface area contributed by atoms with Crippen LogP contribution in [-0.4, -0.2) is 30.0 Å². The van der Waals surface area contributed by atoms with Crippen LogP contribution in [0.5, 0.6) is 0 Å². The molecule has 30 heavy (non-hydrogen) atoms. The fourth-order valence-corrected chi connectivity index (χ4v) is 9.20. The summed E-state index contributed by atoms with van der Waals surface area (Å²) >= 11 is 0. The van der Waals surface area contributed by atoms with Crippen molar-refractivity contribution in [2.45, 2.75) is 114 Å². The van der Waals surface area contributed by atoms with Crippen LogP contribution in [0.3, 0.4) is 0 Å². The van der Waals surface area contributed by atoms with Gasteiger partial charge >= 0.3 is 0 Å². The summed E-state index contributed by atoms with van der Waals surface area (Å²) in [5, 5.41) is 0. The van der Waals surface area contributed by atoms with E-state index in [1.54, 1.807) is 0 Å². The highest BCUT2D eigenvalue weighted by Gasteiger charge is 2.75. The number of fused-ring (bicyclic) bond motifs is 5. The molecule has 4 aliphatic carbocycles. The molecule has 174 valence electrons. The van der Waals surface area contributed by atoms with Crippen molar-refractivity contribution in [1.82, 2.24) is 0 Å². The van der Waals surface area contributed by atoms with Gasteiger partial charge in [-0.2, -0.15) is 0 Å².